The molecule has 0 unspecified atom stereocenters. The van der Waals surface area contributed by atoms with Gasteiger partial charge in [0.25, 0.3) is 5.91 Å². The lowest BCUT2D eigenvalue weighted by Gasteiger charge is -2.26. The second-order valence-electron chi connectivity index (χ2n) is 6.51. The van der Waals surface area contributed by atoms with Gasteiger partial charge in [-0.15, -0.1) is 11.3 Å². The Bertz CT molecular complexity index is 856. The average molecular weight is 408 g/mol. The first-order valence-corrected chi connectivity index (χ1v) is 9.82. The quantitative estimate of drug-likeness (QED) is 0.711. The van der Waals surface area contributed by atoms with Crippen molar-refractivity contribution in [2.45, 2.75) is 25.9 Å². The summed E-state index contributed by atoms with van der Waals surface area (Å²) in [5, 5.41) is 2.83. The second kappa shape index (κ2) is 7.88. The highest BCUT2D eigenvalue weighted by molar-refractivity contribution is 7.16. The van der Waals surface area contributed by atoms with Crippen LogP contribution in [0.1, 0.15) is 24.3 Å². The zero-order valence-corrected chi connectivity index (χ0v) is 17.1. The van der Waals surface area contributed by atoms with Crippen molar-refractivity contribution < 1.29 is 14.3 Å². The fourth-order valence-corrected chi connectivity index (χ4v) is 4.20. The van der Waals surface area contributed by atoms with Crippen LogP contribution in [-0.4, -0.2) is 42.1 Å². The molecule has 3 rings (SSSR count). The standard InChI is InChI=1S/C19H22ClN3O3S/c1-4-22(11-15-8-9-16(20)27-15)12-23-17(24)19(2,21-18(23)25)13-6-5-7-14(10-13)26-3/h5-10H,4,11-12H2,1-3H3,(H,21,25)/t19-/m1/s1. The van der Waals surface area contributed by atoms with Crippen molar-refractivity contribution in [3.63, 3.8) is 0 Å². The van der Waals surface area contributed by atoms with Gasteiger partial charge in [0, 0.05) is 11.4 Å². The van der Waals surface area contributed by atoms with Gasteiger partial charge in [-0.05, 0) is 43.3 Å². The molecule has 8 heteroatoms. The molecule has 0 radical (unpaired) electrons. The first kappa shape index (κ1) is 19.7. The van der Waals surface area contributed by atoms with Gasteiger partial charge in [-0.2, -0.15) is 0 Å². The maximum absolute atomic E-state index is 13.1. The summed E-state index contributed by atoms with van der Waals surface area (Å²) in [4.78, 5) is 30.0. The van der Waals surface area contributed by atoms with E-state index in [9.17, 15) is 9.59 Å². The number of hydrogen-bond acceptors (Lipinski definition) is 5. The number of ether oxygens (including phenoxy) is 1. The van der Waals surface area contributed by atoms with Crippen LogP contribution in [0.15, 0.2) is 36.4 Å². The van der Waals surface area contributed by atoms with Gasteiger partial charge in [-0.3, -0.25) is 9.69 Å². The first-order valence-electron chi connectivity index (χ1n) is 8.62. The van der Waals surface area contributed by atoms with Gasteiger partial charge in [0.1, 0.15) is 11.3 Å². The number of thiophene rings is 1. The van der Waals surface area contributed by atoms with Crippen molar-refractivity contribution in [3.05, 3.63) is 51.2 Å². The Morgan fingerprint density at radius 2 is 2.07 bits per heavy atom. The zero-order valence-electron chi connectivity index (χ0n) is 15.5. The Labute approximate surface area is 167 Å². The molecule has 2 heterocycles. The van der Waals surface area contributed by atoms with E-state index in [2.05, 4.69) is 5.32 Å². The molecule has 27 heavy (non-hydrogen) atoms. The van der Waals surface area contributed by atoms with Crippen LogP contribution in [0.25, 0.3) is 0 Å². The van der Waals surface area contributed by atoms with E-state index in [4.69, 9.17) is 16.3 Å². The number of rotatable bonds is 7. The number of hydrogen-bond donors (Lipinski definition) is 1. The third-order valence-electron chi connectivity index (χ3n) is 4.72. The van der Waals surface area contributed by atoms with Gasteiger partial charge in [0.15, 0.2) is 0 Å². The lowest BCUT2D eigenvalue weighted by Crippen LogP contribution is -2.43. The molecule has 144 valence electrons. The summed E-state index contributed by atoms with van der Waals surface area (Å²) < 4.78 is 5.97. The number of carbonyl (C=O) groups excluding carboxylic acids is 2. The Kier molecular flexibility index (Phi) is 5.74. The molecule has 1 saturated heterocycles. The number of nitrogens with zero attached hydrogens (tertiary/aromatic N) is 2. The molecular formula is C19H22ClN3O3S. The number of nitrogens with one attached hydrogen (secondary N) is 1. The van der Waals surface area contributed by atoms with Crippen LogP contribution in [-0.2, 0) is 16.9 Å². The fraction of sp³-hybridized carbons (Fsp3) is 0.368. The smallest absolute Gasteiger partial charge is 0.326 e. The van der Waals surface area contributed by atoms with Crippen molar-refractivity contribution in [3.8, 4) is 5.75 Å². The minimum atomic E-state index is -1.11. The molecule has 1 aliphatic rings. The van der Waals surface area contributed by atoms with E-state index in [1.807, 2.05) is 30.0 Å². The van der Waals surface area contributed by atoms with Gasteiger partial charge < -0.3 is 10.1 Å². The number of carbonyl (C=O) groups is 2. The molecule has 1 aromatic carbocycles. The fourth-order valence-electron chi connectivity index (χ4n) is 3.07. The van der Waals surface area contributed by atoms with Gasteiger partial charge in [-0.1, -0.05) is 30.7 Å². The van der Waals surface area contributed by atoms with Crippen LogP contribution >= 0.6 is 22.9 Å². The molecule has 3 amide bonds. The first-order chi connectivity index (χ1) is 12.9. The predicted octanol–water partition coefficient (Wildman–Crippen LogP) is 3.66. The second-order valence-corrected chi connectivity index (χ2v) is 8.31. The molecule has 6 nitrogen and oxygen atoms in total. The number of imide groups is 1. The van der Waals surface area contributed by atoms with Gasteiger partial charge in [0.2, 0.25) is 0 Å². The van der Waals surface area contributed by atoms with Gasteiger partial charge >= 0.3 is 6.03 Å². The maximum Gasteiger partial charge on any atom is 0.326 e. The molecule has 2 aromatic rings. The molecule has 1 aliphatic heterocycles. The third-order valence-corrected chi connectivity index (χ3v) is 5.93. The molecule has 0 bridgehead atoms. The van der Waals surface area contributed by atoms with Crippen LogP contribution in [0.2, 0.25) is 4.34 Å². The zero-order chi connectivity index (χ0) is 19.6. The molecule has 0 aliphatic carbocycles. The Balaban J connectivity index is 1.78. The molecule has 0 spiro atoms. The summed E-state index contributed by atoms with van der Waals surface area (Å²) in [7, 11) is 1.57. The number of amides is 3. The van der Waals surface area contributed by atoms with E-state index in [0.29, 0.717) is 24.4 Å². The van der Waals surface area contributed by atoms with E-state index < -0.39 is 11.6 Å². The van der Waals surface area contributed by atoms with E-state index in [0.717, 1.165) is 9.21 Å². The predicted molar refractivity (Wildman–Crippen MR) is 106 cm³/mol. The largest absolute Gasteiger partial charge is 0.497 e. The number of urea groups is 1. The van der Waals surface area contributed by atoms with E-state index in [1.54, 1.807) is 32.2 Å². The summed E-state index contributed by atoms with van der Waals surface area (Å²) in [5.41, 5.74) is -0.423. The Morgan fingerprint density at radius 3 is 2.70 bits per heavy atom. The Hall–Kier alpha value is -2.09. The molecule has 1 N–H and O–H groups in total. The molecule has 1 atom stereocenters. The topological polar surface area (TPSA) is 61.9 Å². The summed E-state index contributed by atoms with van der Waals surface area (Å²) in [6.45, 7) is 5.26. The Morgan fingerprint density at radius 1 is 1.30 bits per heavy atom. The highest BCUT2D eigenvalue weighted by Crippen LogP contribution is 2.31. The van der Waals surface area contributed by atoms with Crippen molar-refractivity contribution in [2.75, 3.05) is 20.3 Å². The van der Waals surface area contributed by atoms with Crippen molar-refractivity contribution in [1.29, 1.82) is 0 Å². The lowest BCUT2D eigenvalue weighted by atomic mass is 9.92. The van der Waals surface area contributed by atoms with E-state index >= 15 is 0 Å². The number of methoxy groups -OCH3 is 1. The third kappa shape index (κ3) is 3.95. The van der Waals surface area contributed by atoms with Crippen LogP contribution in [0.5, 0.6) is 5.75 Å². The number of halogens is 1. The molecule has 0 saturated carbocycles. The SMILES string of the molecule is CCN(Cc1ccc(Cl)s1)CN1C(=O)N[C@](C)(c2cccc(OC)c2)C1=O. The highest BCUT2D eigenvalue weighted by atomic mass is 35.5. The lowest BCUT2D eigenvalue weighted by molar-refractivity contribution is -0.132. The highest BCUT2D eigenvalue weighted by Gasteiger charge is 2.49. The molecule has 1 fully saturated rings. The van der Waals surface area contributed by atoms with Crippen LogP contribution in [0.3, 0.4) is 0 Å². The van der Waals surface area contributed by atoms with Crippen LogP contribution in [0.4, 0.5) is 4.79 Å². The van der Waals surface area contributed by atoms with Gasteiger partial charge in [0.05, 0.1) is 18.1 Å². The van der Waals surface area contributed by atoms with E-state index in [1.165, 1.54) is 16.2 Å². The summed E-state index contributed by atoms with van der Waals surface area (Å²) in [6, 6.07) is 10.6. The summed E-state index contributed by atoms with van der Waals surface area (Å²) in [6.07, 6.45) is 0. The van der Waals surface area contributed by atoms with Crippen molar-refractivity contribution in [2.24, 2.45) is 0 Å². The summed E-state index contributed by atoms with van der Waals surface area (Å²) >= 11 is 7.49. The minimum Gasteiger partial charge on any atom is -0.497 e. The minimum absolute atomic E-state index is 0.218. The van der Waals surface area contributed by atoms with Gasteiger partial charge in [-0.25, -0.2) is 9.69 Å². The summed E-state index contributed by atoms with van der Waals surface area (Å²) in [5.74, 6) is 0.363. The van der Waals surface area contributed by atoms with E-state index in [-0.39, 0.29) is 12.6 Å². The van der Waals surface area contributed by atoms with Crippen molar-refractivity contribution in [1.82, 2.24) is 15.1 Å². The number of benzene rings is 1. The monoisotopic (exact) mass is 407 g/mol. The van der Waals surface area contributed by atoms with Crippen LogP contribution < -0.4 is 10.1 Å². The normalized spacial score (nSPS) is 19.7. The molecule has 1 aromatic heterocycles. The maximum atomic E-state index is 13.1. The van der Waals surface area contributed by atoms with Crippen molar-refractivity contribution >= 4 is 34.9 Å². The molecular weight excluding hydrogens is 386 g/mol. The van der Waals surface area contributed by atoms with Crippen LogP contribution in [0, 0.1) is 0 Å². The average Bonchev–Trinajstić information content (AvgIpc) is 3.17.